The molecule has 0 aliphatic carbocycles. The van der Waals surface area contributed by atoms with E-state index in [4.69, 9.17) is 9.47 Å². The number of aryl methyl sites for hydroxylation is 1. The number of carbonyl (C=O) groups excluding carboxylic acids is 3. The highest BCUT2D eigenvalue weighted by molar-refractivity contribution is 6.39. The lowest BCUT2D eigenvalue weighted by Crippen LogP contribution is -2.34. The molecule has 0 aliphatic heterocycles. The van der Waals surface area contributed by atoms with Gasteiger partial charge in [0.15, 0.2) is 17.3 Å². The van der Waals surface area contributed by atoms with Crippen molar-refractivity contribution in [3.05, 3.63) is 71.8 Å². The van der Waals surface area contributed by atoms with E-state index in [0.29, 0.717) is 28.6 Å². The van der Waals surface area contributed by atoms with Crippen LogP contribution in [0.5, 0.6) is 11.5 Å². The highest BCUT2D eigenvalue weighted by Crippen LogP contribution is 2.27. The predicted molar refractivity (Wildman–Crippen MR) is 113 cm³/mol. The summed E-state index contributed by atoms with van der Waals surface area (Å²) in [5.74, 6) is -0.435. The number of carbonyl (C=O) groups is 3. The molecule has 0 fully saturated rings. The van der Waals surface area contributed by atoms with Gasteiger partial charge < -0.3 is 24.7 Å². The smallest absolute Gasteiger partial charge is 0.313 e. The van der Waals surface area contributed by atoms with Gasteiger partial charge in [0.2, 0.25) is 5.78 Å². The summed E-state index contributed by atoms with van der Waals surface area (Å²) in [6.07, 6.45) is 3.23. The molecule has 3 aromatic rings. The van der Waals surface area contributed by atoms with Gasteiger partial charge in [-0.25, -0.2) is 4.98 Å². The second-order valence-corrected chi connectivity index (χ2v) is 6.59. The van der Waals surface area contributed by atoms with Gasteiger partial charge in [0.1, 0.15) is 0 Å². The van der Waals surface area contributed by atoms with Gasteiger partial charge in [-0.3, -0.25) is 14.4 Å². The van der Waals surface area contributed by atoms with Crippen molar-refractivity contribution >= 4 is 23.3 Å². The average molecular weight is 422 g/mol. The minimum absolute atomic E-state index is 0.143. The van der Waals surface area contributed by atoms with E-state index in [-0.39, 0.29) is 12.3 Å². The van der Waals surface area contributed by atoms with Gasteiger partial charge in [-0.05, 0) is 42.0 Å². The van der Waals surface area contributed by atoms with Crippen LogP contribution >= 0.6 is 0 Å². The summed E-state index contributed by atoms with van der Waals surface area (Å²) in [4.78, 5) is 40.7. The molecule has 1 aromatic heterocycles. The van der Waals surface area contributed by atoms with E-state index in [9.17, 15) is 14.4 Å². The van der Waals surface area contributed by atoms with Crippen LogP contribution in [0.25, 0.3) is 0 Å². The Morgan fingerprint density at radius 2 is 1.68 bits per heavy atom. The Labute approximate surface area is 179 Å². The van der Waals surface area contributed by atoms with E-state index >= 15 is 0 Å². The number of hydrogen-bond acceptors (Lipinski definition) is 6. The van der Waals surface area contributed by atoms with Gasteiger partial charge in [-0.15, -0.1) is 0 Å². The number of ether oxygens (including phenoxy) is 2. The molecule has 31 heavy (non-hydrogen) atoms. The number of aromatic nitrogens is 2. The first-order valence-corrected chi connectivity index (χ1v) is 9.35. The Hall–Kier alpha value is -4.14. The molecule has 1 heterocycles. The van der Waals surface area contributed by atoms with Crippen LogP contribution < -0.4 is 20.1 Å². The van der Waals surface area contributed by atoms with E-state index in [0.717, 1.165) is 5.56 Å². The number of imidazole rings is 1. The molecule has 0 bridgehead atoms. The Kier molecular flexibility index (Phi) is 6.66. The van der Waals surface area contributed by atoms with Crippen molar-refractivity contribution in [2.75, 3.05) is 19.5 Å². The quantitative estimate of drug-likeness (QED) is 0.445. The van der Waals surface area contributed by atoms with Crippen molar-refractivity contribution in [2.45, 2.75) is 6.54 Å². The molecule has 2 N–H and O–H groups in total. The zero-order valence-electron chi connectivity index (χ0n) is 17.3. The average Bonchev–Trinajstić information content (AvgIpc) is 3.22. The van der Waals surface area contributed by atoms with Gasteiger partial charge in [-0.1, -0.05) is 6.07 Å². The van der Waals surface area contributed by atoms with Crippen LogP contribution in [0, 0.1) is 0 Å². The van der Waals surface area contributed by atoms with E-state index in [1.54, 1.807) is 66.5 Å². The molecule has 3 rings (SSSR count). The standard InChI is InChI=1S/C22H22N4O5/c1-26-11-10-23-20(26)19(27)15-5-7-16(8-6-15)25-22(29)21(28)24-13-14-4-9-17(30-2)18(12-14)31-3/h4-12H,13H2,1-3H3,(H,24,28)(H,25,29). The Morgan fingerprint density at radius 3 is 2.29 bits per heavy atom. The van der Waals surface area contributed by atoms with Gasteiger partial charge >= 0.3 is 11.8 Å². The fourth-order valence-electron chi connectivity index (χ4n) is 2.86. The lowest BCUT2D eigenvalue weighted by Gasteiger charge is -2.10. The lowest BCUT2D eigenvalue weighted by molar-refractivity contribution is -0.136. The van der Waals surface area contributed by atoms with Crippen molar-refractivity contribution < 1.29 is 23.9 Å². The van der Waals surface area contributed by atoms with E-state index < -0.39 is 11.8 Å². The van der Waals surface area contributed by atoms with Crippen molar-refractivity contribution in [1.29, 1.82) is 0 Å². The van der Waals surface area contributed by atoms with Gasteiger partial charge in [0.05, 0.1) is 14.2 Å². The molecule has 9 heteroatoms. The second-order valence-electron chi connectivity index (χ2n) is 6.59. The molecule has 160 valence electrons. The van der Waals surface area contributed by atoms with Crippen LogP contribution in [0.3, 0.4) is 0 Å². The summed E-state index contributed by atoms with van der Waals surface area (Å²) in [6, 6.07) is 11.4. The number of anilines is 1. The number of nitrogens with zero attached hydrogens (tertiary/aromatic N) is 2. The van der Waals surface area contributed by atoms with Crippen molar-refractivity contribution in [3.63, 3.8) is 0 Å². The van der Waals surface area contributed by atoms with Crippen molar-refractivity contribution in [3.8, 4) is 11.5 Å². The number of nitrogens with one attached hydrogen (secondary N) is 2. The number of amides is 2. The zero-order valence-corrected chi connectivity index (χ0v) is 17.3. The van der Waals surface area contributed by atoms with Crippen molar-refractivity contribution in [2.24, 2.45) is 7.05 Å². The maximum atomic E-state index is 12.4. The van der Waals surface area contributed by atoms with Gasteiger partial charge in [0, 0.05) is 37.2 Å². The third-order valence-electron chi connectivity index (χ3n) is 4.54. The Balaban J connectivity index is 1.57. The highest BCUT2D eigenvalue weighted by Gasteiger charge is 2.16. The van der Waals surface area contributed by atoms with Gasteiger partial charge in [-0.2, -0.15) is 0 Å². The first-order valence-electron chi connectivity index (χ1n) is 9.35. The summed E-state index contributed by atoms with van der Waals surface area (Å²) in [7, 11) is 4.78. The number of benzene rings is 2. The van der Waals surface area contributed by atoms with Crippen LogP contribution in [-0.2, 0) is 23.2 Å². The summed E-state index contributed by atoms with van der Waals surface area (Å²) < 4.78 is 12.0. The molecule has 0 saturated heterocycles. The monoisotopic (exact) mass is 422 g/mol. The Morgan fingerprint density at radius 1 is 0.968 bits per heavy atom. The maximum absolute atomic E-state index is 12.4. The third kappa shape index (κ3) is 5.08. The molecule has 9 nitrogen and oxygen atoms in total. The first kappa shape index (κ1) is 21.6. The van der Waals surface area contributed by atoms with E-state index in [1.165, 1.54) is 14.2 Å². The third-order valence-corrected chi connectivity index (χ3v) is 4.54. The molecule has 2 aromatic carbocycles. The zero-order chi connectivity index (χ0) is 22.4. The molecule has 0 aliphatic rings. The van der Waals surface area contributed by atoms with Crippen molar-refractivity contribution in [1.82, 2.24) is 14.9 Å². The summed E-state index contributed by atoms with van der Waals surface area (Å²) in [5, 5.41) is 5.05. The number of ketones is 1. The molecule has 0 spiro atoms. The SMILES string of the molecule is COc1ccc(CNC(=O)C(=O)Nc2ccc(C(=O)c3nccn3C)cc2)cc1OC. The number of rotatable bonds is 7. The largest absolute Gasteiger partial charge is 0.493 e. The van der Waals surface area contributed by atoms with Crippen LogP contribution in [0.4, 0.5) is 5.69 Å². The topological polar surface area (TPSA) is 112 Å². The first-order chi connectivity index (χ1) is 14.9. The molecule has 0 saturated carbocycles. The molecule has 0 radical (unpaired) electrons. The molecular weight excluding hydrogens is 400 g/mol. The predicted octanol–water partition coefficient (Wildman–Crippen LogP) is 1.92. The normalized spacial score (nSPS) is 10.3. The summed E-state index contributed by atoms with van der Waals surface area (Å²) >= 11 is 0. The number of methoxy groups -OCH3 is 2. The molecule has 2 amide bonds. The second kappa shape index (κ2) is 9.57. The number of hydrogen-bond donors (Lipinski definition) is 2. The van der Waals surface area contributed by atoms with Crippen LogP contribution in [0.1, 0.15) is 21.7 Å². The van der Waals surface area contributed by atoms with Crippen LogP contribution in [0.15, 0.2) is 54.9 Å². The van der Waals surface area contributed by atoms with E-state index in [1.807, 2.05) is 0 Å². The van der Waals surface area contributed by atoms with Crippen LogP contribution in [0.2, 0.25) is 0 Å². The fraction of sp³-hybridized carbons (Fsp3) is 0.182. The molecule has 0 unspecified atom stereocenters. The summed E-state index contributed by atoms with van der Waals surface area (Å²) in [6.45, 7) is 0.143. The molecular formula is C22H22N4O5. The van der Waals surface area contributed by atoms with E-state index in [2.05, 4.69) is 15.6 Å². The minimum atomic E-state index is -0.816. The maximum Gasteiger partial charge on any atom is 0.313 e. The Bertz CT molecular complexity index is 1110. The summed E-state index contributed by atoms with van der Waals surface area (Å²) in [5.41, 5.74) is 1.56. The van der Waals surface area contributed by atoms with Gasteiger partial charge in [0.25, 0.3) is 0 Å². The molecule has 0 atom stereocenters. The highest BCUT2D eigenvalue weighted by atomic mass is 16.5. The lowest BCUT2D eigenvalue weighted by atomic mass is 10.1. The van der Waals surface area contributed by atoms with Crippen LogP contribution in [-0.4, -0.2) is 41.4 Å². The fourth-order valence-corrected chi connectivity index (χ4v) is 2.86. The minimum Gasteiger partial charge on any atom is -0.493 e.